The van der Waals surface area contributed by atoms with Gasteiger partial charge >= 0.3 is 6.09 Å². The molecule has 106 valence electrons. The minimum Gasteiger partial charge on any atom is -0.481 e. The molecule has 1 amide bonds. The standard InChI is InChI=1S/C11H21NO2.C2H4O2/c1-3-14-11(13)12(2)9-10-7-5-4-6-8-10;1-2(3)4/h10H,3-9H2,1-2H3;1H3,(H,3,4). The number of carboxylic acid groups (broad SMARTS) is 1. The molecule has 0 heterocycles. The predicted octanol–water partition coefficient (Wildman–Crippen LogP) is 2.75. The quantitative estimate of drug-likeness (QED) is 0.846. The maximum Gasteiger partial charge on any atom is 0.409 e. The van der Waals surface area contributed by atoms with Crippen LogP contribution < -0.4 is 0 Å². The Kier molecular flexibility index (Phi) is 9.06. The van der Waals surface area contributed by atoms with Gasteiger partial charge in [-0.15, -0.1) is 0 Å². The van der Waals surface area contributed by atoms with E-state index in [9.17, 15) is 4.79 Å². The van der Waals surface area contributed by atoms with Gasteiger partial charge in [0, 0.05) is 20.5 Å². The van der Waals surface area contributed by atoms with Crippen molar-refractivity contribution in [1.82, 2.24) is 4.90 Å². The molecule has 0 aromatic rings. The molecule has 5 heteroatoms. The molecule has 1 fully saturated rings. The molecule has 1 aliphatic carbocycles. The van der Waals surface area contributed by atoms with Crippen molar-refractivity contribution in [2.24, 2.45) is 5.92 Å². The number of rotatable bonds is 3. The van der Waals surface area contributed by atoms with E-state index in [1.165, 1.54) is 32.1 Å². The van der Waals surface area contributed by atoms with E-state index in [4.69, 9.17) is 14.6 Å². The Labute approximate surface area is 109 Å². The zero-order valence-corrected chi connectivity index (χ0v) is 11.6. The minimum atomic E-state index is -0.833. The van der Waals surface area contributed by atoms with Crippen LogP contribution in [0.4, 0.5) is 4.79 Å². The summed E-state index contributed by atoms with van der Waals surface area (Å²) in [5.74, 6) is -0.141. The number of ether oxygens (including phenoxy) is 1. The molecular formula is C13H25NO4. The lowest BCUT2D eigenvalue weighted by molar-refractivity contribution is -0.134. The average molecular weight is 259 g/mol. The van der Waals surface area contributed by atoms with Crippen molar-refractivity contribution in [2.75, 3.05) is 20.2 Å². The normalized spacial score (nSPS) is 15.3. The second kappa shape index (κ2) is 9.74. The first-order valence-electron chi connectivity index (χ1n) is 6.54. The van der Waals surface area contributed by atoms with Gasteiger partial charge in [0.15, 0.2) is 0 Å². The van der Waals surface area contributed by atoms with E-state index < -0.39 is 5.97 Å². The summed E-state index contributed by atoms with van der Waals surface area (Å²) in [6, 6.07) is 0. The summed E-state index contributed by atoms with van der Waals surface area (Å²) >= 11 is 0. The third kappa shape index (κ3) is 8.84. The molecule has 5 nitrogen and oxygen atoms in total. The van der Waals surface area contributed by atoms with Gasteiger partial charge in [0.25, 0.3) is 5.97 Å². The molecule has 0 saturated heterocycles. The topological polar surface area (TPSA) is 66.8 Å². The Bertz CT molecular complexity index is 245. The van der Waals surface area contributed by atoms with E-state index in [0.717, 1.165) is 13.5 Å². The van der Waals surface area contributed by atoms with Crippen LogP contribution in [0.1, 0.15) is 46.0 Å². The highest BCUT2D eigenvalue weighted by molar-refractivity contribution is 5.67. The first-order valence-corrected chi connectivity index (χ1v) is 6.54. The van der Waals surface area contributed by atoms with Gasteiger partial charge in [-0.2, -0.15) is 0 Å². The molecule has 0 aliphatic heterocycles. The summed E-state index contributed by atoms with van der Waals surface area (Å²) in [7, 11) is 1.83. The molecule has 0 radical (unpaired) electrons. The molecule has 0 atom stereocenters. The number of carbonyl (C=O) groups is 2. The lowest BCUT2D eigenvalue weighted by Crippen LogP contribution is -2.33. The monoisotopic (exact) mass is 259 g/mol. The van der Waals surface area contributed by atoms with Crippen molar-refractivity contribution in [2.45, 2.75) is 46.0 Å². The van der Waals surface area contributed by atoms with Crippen molar-refractivity contribution < 1.29 is 19.4 Å². The molecule has 1 aliphatic rings. The lowest BCUT2D eigenvalue weighted by Gasteiger charge is -2.26. The molecule has 0 aromatic carbocycles. The van der Waals surface area contributed by atoms with Crippen molar-refractivity contribution in [3.05, 3.63) is 0 Å². The molecule has 0 aromatic heterocycles. The second-order valence-electron chi connectivity index (χ2n) is 4.60. The fourth-order valence-corrected chi connectivity index (χ4v) is 2.07. The summed E-state index contributed by atoms with van der Waals surface area (Å²) in [6.45, 7) is 4.25. The fraction of sp³-hybridized carbons (Fsp3) is 0.846. The van der Waals surface area contributed by atoms with Crippen LogP contribution in [-0.4, -0.2) is 42.3 Å². The van der Waals surface area contributed by atoms with Gasteiger partial charge in [-0.05, 0) is 25.7 Å². The summed E-state index contributed by atoms with van der Waals surface area (Å²) in [5, 5.41) is 7.42. The van der Waals surface area contributed by atoms with E-state index in [-0.39, 0.29) is 6.09 Å². The second-order valence-corrected chi connectivity index (χ2v) is 4.60. The summed E-state index contributed by atoms with van der Waals surface area (Å²) in [5.41, 5.74) is 0. The Hall–Kier alpha value is -1.26. The Morgan fingerprint density at radius 1 is 1.28 bits per heavy atom. The Morgan fingerprint density at radius 2 is 1.78 bits per heavy atom. The van der Waals surface area contributed by atoms with E-state index in [2.05, 4.69) is 0 Å². The average Bonchev–Trinajstić information content (AvgIpc) is 2.30. The van der Waals surface area contributed by atoms with E-state index in [0.29, 0.717) is 12.5 Å². The van der Waals surface area contributed by atoms with Crippen LogP contribution in [0, 0.1) is 5.92 Å². The summed E-state index contributed by atoms with van der Waals surface area (Å²) in [6.07, 6.45) is 6.36. The first-order chi connectivity index (χ1) is 8.47. The smallest absolute Gasteiger partial charge is 0.409 e. The number of nitrogens with zero attached hydrogens (tertiary/aromatic N) is 1. The highest BCUT2D eigenvalue weighted by Gasteiger charge is 2.18. The van der Waals surface area contributed by atoms with Gasteiger partial charge < -0.3 is 14.7 Å². The predicted molar refractivity (Wildman–Crippen MR) is 69.5 cm³/mol. The summed E-state index contributed by atoms with van der Waals surface area (Å²) < 4.78 is 4.93. The van der Waals surface area contributed by atoms with Crippen LogP contribution in [0.15, 0.2) is 0 Å². The van der Waals surface area contributed by atoms with Gasteiger partial charge in [0.05, 0.1) is 6.61 Å². The zero-order valence-electron chi connectivity index (χ0n) is 11.6. The Morgan fingerprint density at radius 3 is 2.22 bits per heavy atom. The van der Waals surface area contributed by atoms with Gasteiger partial charge in [0.2, 0.25) is 0 Å². The van der Waals surface area contributed by atoms with Crippen LogP contribution in [0.25, 0.3) is 0 Å². The first kappa shape index (κ1) is 16.7. The molecule has 1 N–H and O–H groups in total. The van der Waals surface area contributed by atoms with Crippen LogP contribution in [0.5, 0.6) is 0 Å². The number of amides is 1. The minimum absolute atomic E-state index is 0.182. The fourth-order valence-electron chi connectivity index (χ4n) is 2.07. The van der Waals surface area contributed by atoms with Gasteiger partial charge in [-0.3, -0.25) is 4.79 Å². The molecule has 0 unspecified atom stereocenters. The molecule has 18 heavy (non-hydrogen) atoms. The van der Waals surface area contributed by atoms with Crippen molar-refractivity contribution in [1.29, 1.82) is 0 Å². The van der Waals surface area contributed by atoms with E-state index in [1.54, 1.807) is 4.90 Å². The van der Waals surface area contributed by atoms with Crippen LogP contribution in [0.2, 0.25) is 0 Å². The highest BCUT2D eigenvalue weighted by Crippen LogP contribution is 2.24. The van der Waals surface area contributed by atoms with Gasteiger partial charge in [-0.1, -0.05) is 19.3 Å². The molecular weight excluding hydrogens is 234 g/mol. The molecule has 0 spiro atoms. The van der Waals surface area contributed by atoms with Crippen molar-refractivity contribution in [3.8, 4) is 0 Å². The number of carbonyl (C=O) groups excluding carboxylic acids is 1. The van der Waals surface area contributed by atoms with Gasteiger partial charge in [0.1, 0.15) is 0 Å². The molecule has 0 bridgehead atoms. The van der Waals surface area contributed by atoms with E-state index >= 15 is 0 Å². The number of hydrogen-bond acceptors (Lipinski definition) is 3. The van der Waals surface area contributed by atoms with Crippen molar-refractivity contribution >= 4 is 12.1 Å². The third-order valence-electron chi connectivity index (χ3n) is 2.84. The van der Waals surface area contributed by atoms with Crippen LogP contribution in [-0.2, 0) is 9.53 Å². The molecule has 1 rings (SSSR count). The number of hydrogen-bond donors (Lipinski definition) is 1. The van der Waals surface area contributed by atoms with Gasteiger partial charge in [-0.25, -0.2) is 4.79 Å². The maximum absolute atomic E-state index is 11.3. The Balaban J connectivity index is 0.000000631. The molecule has 1 saturated carbocycles. The largest absolute Gasteiger partial charge is 0.481 e. The summed E-state index contributed by atoms with van der Waals surface area (Å²) in [4.78, 5) is 22.0. The zero-order chi connectivity index (χ0) is 14.0. The van der Waals surface area contributed by atoms with Crippen LogP contribution in [0.3, 0.4) is 0 Å². The number of aliphatic carboxylic acids is 1. The SMILES string of the molecule is CC(=O)O.CCOC(=O)N(C)CC1CCCCC1. The lowest BCUT2D eigenvalue weighted by atomic mass is 9.89. The maximum atomic E-state index is 11.3. The van der Waals surface area contributed by atoms with E-state index in [1.807, 2.05) is 14.0 Å². The van der Waals surface area contributed by atoms with Crippen molar-refractivity contribution in [3.63, 3.8) is 0 Å². The number of carboxylic acids is 1. The highest BCUT2D eigenvalue weighted by atomic mass is 16.5. The third-order valence-corrected chi connectivity index (χ3v) is 2.84. The van der Waals surface area contributed by atoms with Crippen LogP contribution >= 0.6 is 0 Å².